The van der Waals surface area contributed by atoms with Crippen LogP contribution in [0.25, 0.3) is 88.8 Å². The van der Waals surface area contributed by atoms with Crippen LogP contribution in [0.5, 0.6) is 0 Å². The molecule has 4 nitrogen and oxygen atoms in total. The van der Waals surface area contributed by atoms with E-state index in [1.54, 1.807) is 0 Å². The van der Waals surface area contributed by atoms with Gasteiger partial charge in [0.05, 0.1) is 0 Å². The van der Waals surface area contributed by atoms with Crippen molar-refractivity contribution in [1.82, 2.24) is 15.0 Å². The van der Waals surface area contributed by atoms with Gasteiger partial charge in [0.15, 0.2) is 17.5 Å². The monoisotopic (exact) mass is 575 g/mol. The van der Waals surface area contributed by atoms with E-state index < -0.39 is 0 Å². The number of benzene rings is 7. The average molecular weight is 576 g/mol. The molecular formula is C41H25N3O. The summed E-state index contributed by atoms with van der Waals surface area (Å²) >= 11 is 0. The predicted octanol–water partition coefficient (Wildman–Crippen LogP) is 10.7. The number of rotatable bonds is 4. The molecule has 0 aliphatic rings. The van der Waals surface area contributed by atoms with Crippen LogP contribution in [-0.4, -0.2) is 15.0 Å². The van der Waals surface area contributed by atoms with Crippen LogP contribution in [0.15, 0.2) is 156 Å². The van der Waals surface area contributed by atoms with Crippen LogP contribution < -0.4 is 0 Å². The Morgan fingerprint density at radius 1 is 0.333 bits per heavy atom. The lowest BCUT2D eigenvalue weighted by atomic mass is 9.94. The summed E-state index contributed by atoms with van der Waals surface area (Å²) in [6.07, 6.45) is 0. The predicted molar refractivity (Wildman–Crippen MR) is 184 cm³/mol. The highest BCUT2D eigenvalue weighted by atomic mass is 16.3. The fraction of sp³-hybridized carbons (Fsp3) is 0. The largest absolute Gasteiger partial charge is 0.456 e. The minimum absolute atomic E-state index is 0.647. The van der Waals surface area contributed by atoms with E-state index in [0.717, 1.165) is 60.5 Å². The molecule has 2 aromatic heterocycles. The maximum Gasteiger partial charge on any atom is 0.164 e. The van der Waals surface area contributed by atoms with Gasteiger partial charge >= 0.3 is 0 Å². The summed E-state index contributed by atoms with van der Waals surface area (Å²) in [6, 6.07) is 52.3. The topological polar surface area (TPSA) is 51.8 Å². The SMILES string of the molecule is c1ccc(-c2nc(-c3ccccc3)nc(-c3cccc4c(-c5ccc6oc7cc8ccccc8cc7c6c5)cccc34)n2)cc1. The van der Waals surface area contributed by atoms with Gasteiger partial charge in [-0.15, -0.1) is 0 Å². The van der Waals surface area contributed by atoms with Crippen LogP contribution >= 0.6 is 0 Å². The number of furan rings is 1. The highest BCUT2D eigenvalue weighted by Gasteiger charge is 2.16. The molecule has 0 amide bonds. The van der Waals surface area contributed by atoms with Gasteiger partial charge in [-0.3, -0.25) is 0 Å². The van der Waals surface area contributed by atoms with E-state index in [1.165, 1.54) is 10.8 Å². The molecule has 4 heteroatoms. The van der Waals surface area contributed by atoms with E-state index in [0.29, 0.717) is 17.5 Å². The number of aromatic nitrogens is 3. The van der Waals surface area contributed by atoms with E-state index in [9.17, 15) is 0 Å². The molecule has 0 atom stereocenters. The van der Waals surface area contributed by atoms with Gasteiger partial charge in [-0.05, 0) is 56.9 Å². The lowest BCUT2D eigenvalue weighted by Gasteiger charge is -2.12. The van der Waals surface area contributed by atoms with E-state index in [2.05, 4.69) is 91.0 Å². The molecular weight excluding hydrogens is 550 g/mol. The molecule has 0 saturated carbocycles. The normalized spacial score (nSPS) is 11.6. The zero-order chi connectivity index (χ0) is 29.7. The molecule has 9 rings (SSSR count). The van der Waals surface area contributed by atoms with Crippen LogP contribution in [0.3, 0.4) is 0 Å². The maximum atomic E-state index is 6.29. The highest BCUT2D eigenvalue weighted by Crippen LogP contribution is 2.38. The Kier molecular flexibility index (Phi) is 5.78. The Morgan fingerprint density at radius 3 is 1.58 bits per heavy atom. The minimum atomic E-state index is 0.647. The first-order chi connectivity index (χ1) is 22.3. The summed E-state index contributed by atoms with van der Waals surface area (Å²) in [5.41, 5.74) is 6.93. The van der Waals surface area contributed by atoms with Gasteiger partial charge in [-0.1, -0.05) is 127 Å². The van der Waals surface area contributed by atoms with Crippen LogP contribution in [0, 0.1) is 0 Å². The summed E-state index contributed by atoms with van der Waals surface area (Å²) in [6.45, 7) is 0. The molecule has 0 spiro atoms. The molecule has 0 saturated heterocycles. The van der Waals surface area contributed by atoms with E-state index in [4.69, 9.17) is 19.4 Å². The molecule has 210 valence electrons. The van der Waals surface area contributed by atoms with Crippen molar-refractivity contribution in [3.8, 4) is 45.3 Å². The summed E-state index contributed by atoms with van der Waals surface area (Å²) in [5, 5.41) is 6.83. The second kappa shape index (κ2) is 10.2. The first-order valence-corrected chi connectivity index (χ1v) is 15.0. The first-order valence-electron chi connectivity index (χ1n) is 15.0. The first kappa shape index (κ1) is 25.4. The number of nitrogens with zero attached hydrogens (tertiary/aromatic N) is 3. The van der Waals surface area contributed by atoms with Crippen LogP contribution in [-0.2, 0) is 0 Å². The van der Waals surface area contributed by atoms with Crippen molar-refractivity contribution in [1.29, 1.82) is 0 Å². The third-order valence-electron chi connectivity index (χ3n) is 8.51. The maximum absolute atomic E-state index is 6.29. The second-order valence-corrected chi connectivity index (χ2v) is 11.3. The number of fused-ring (bicyclic) bond motifs is 5. The molecule has 0 N–H and O–H groups in total. The summed E-state index contributed by atoms with van der Waals surface area (Å²) in [7, 11) is 0. The molecule has 2 heterocycles. The second-order valence-electron chi connectivity index (χ2n) is 11.3. The minimum Gasteiger partial charge on any atom is -0.456 e. The zero-order valence-corrected chi connectivity index (χ0v) is 24.2. The highest BCUT2D eigenvalue weighted by molar-refractivity contribution is 6.12. The Hall–Kier alpha value is -6.13. The third kappa shape index (κ3) is 4.35. The van der Waals surface area contributed by atoms with E-state index in [1.807, 2.05) is 60.7 Å². The lowest BCUT2D eigenvalue weighted by Crippen LogP contribution is -2.00. The molecule has 0 radical (unpaired) electrons. The summed E-state index contributed by atoms with van der Waals surface area (Å²) in [4.78, 5) is 14.9. The quantitative estimate of drug-likeness (QED) is 0.209. The molecule has 0 aliphatic heterocycles. The van der Waals surface area contributed by atoms with Gasteiger partial charge in [0, 0.05) is 27.5 Å². The average Bonchev–Trinajstić information content (AvgIpc) is 3.47. The standard InChI is InChI=1S/C41H25N3O/c1-3-11-26(12-4-1)39-42-40(27-13-5-2-6-14-27)44-41(43-39)34-20-10-18-32-31(17-9-19-33(32)34)30-21-22-37-35(24-30)36-23-28-15-7-8-16-29(28)25-38(36)45-37/h1-25H. The van der Waals surface area contributed by atoms with Crippen molar-refractivity contribution in [3.63, 3.8) is 0 Å². The van der Waals surface area contributed by atoms with Crippen LogP contribution in [0.1, 0.15) is 0 Å². The summed E-state index contributed by atoms with van der Waals surface area (Å²) in [5.74, 6) is 1.95. The van der Waals surface area contributed by atoms with Gasteiger partial charge in [-0.2, -0.15) is 0 Å². The van der Waals surface area contributed by atoms with Crippen molar-refractivity contribution >= 4 is 43.5 Å². The van der Waals surface area contributed by atoms with E-state index >= 15 is 0 Å². The van der Waals surface area contributed by atoms with Gasteiger partial charge in [0.1, 0.15) is 11.2 Å². The van der Waals surface area contributed by atoms with E-state index in [-0.39, 0.29) is 0 Å². The Morgan fingerprint density at radius 2 is 0.889 bits per heavy atom. The molecule has 0 unspecified atom stereocenters. The van der Waals surface area contributed by atoms with Crippen molar-refractivity contribution < 1.29 is 4.42 Å². The van der Waals surface area contributed by atoms with Gasteiger partial charge in [0.2, 0.25) is 0 Å². The van der Waals surface area contributed by atoms with Crippen LogP contribution in [0.4, 0.5) is 0 Å². The Labute approximate surface area is 259 Å². The fourth-order valence-electron chi connectivity index (χ4n) is 6.32. The Balaban J connectivity index is 1.23. The molecule has 7 aromatic carbocycles. The van der Waals surface area contributed by atoms with Crippen molar-refractivity contribution in [3.05, 3.63) is 152 Å². The van der Waals surface area contributed by atoms with Gasteiger partial charge < -0.3 is 4.42 Å². The summed E-state index contributed by atoms with van der Waals surface area (Å²) < 4.78 is 6.29. The third-order valence-corrected chi connectivity index (χ3v) is 8.51. The molecule has 0 bridgehead atoms. The molecule has 45 heavy (non-hydrogen) atoms. The fourth-order valence-corrected chi connectivity index (χ4v) is 6.32. The molecule has 0 aliphatic carbocycles. The lowest BCUT2D eigenvalue weighted by molar-refractivity contribution is 0.669. The zero-order valence-electron chi connectivity index (χ0n) is 24.2. The number of hydrogen-bond donors (Lipinski definition) is 0. The van der Waals surface area contributed by atoms with Crippen molar-refractivity contribution in [2.45, 2.75) is 0 Å². The molecule has 0 fully saturated rings. The van der Waals surface area contributed by atoms with Crippen molar-refractivity contribution in [2.24, 2.45) is 0 Å². The number of hydrogen-bond acceptors (Lipinski definition) is 4. The van der Waals surface area contributed by atoms with Crippen molar-refractivity contribution in [2.75, 3.05) is 0 Å². The van der Waals surface area contributed by atoms with Crippen LogP contribution in [0.2, 0.25) is 0 Å². The van der Waals surface area contributed by atoms with Gasteiger partial charge in [0.25, 0.3) is 0 Å². The van der Waals surface area contributed by atoms with Gasteiger partial charge in [-0.25, -0.2) is 15.0 Å². The molecule has 9 aromatic rings. The Bertz CT molecular complexity index is 2480. The smallest absolute Gasteiger partial charge is 0.164 e.